The quantitative estimate of drug-likeness (QED) is 0.428. The lowest BCUT2D eigenvalue weighted by Crippen LogP contribution is -2.59. The van der Waals surface area contributed by atoms with Crippen molar-refractivity contribution in [3.63, 3.8) is 0 Å². The molecule has 1 spiro atoms. The standard InChI is InChI=1S/C26H30F4N2O7S/c1-36-22-8-4-20(5-9-22)15-37-16-23(26(28,29)30)39-24(33)31-12-10-25(11-13-31)17-32(40(34,35)18-38-25)14-19-2-6-21(27)7-3-19/h2-9,23H,10-18H2,1H3. The molecule has 2 fully saturated rings. The Balaban J connectivity index is 1.31. The first-order valence-corrected chi connectivity index (χ1v) is 14.1. The number of hydrogen-bond donors (Lipinski definition) is 0. The van der Waals surface area contributed by atoms with Crippen molar-refractivity contribution in [1.29, 1.82) is 0 Å². The second kappa shape index (κ2) is 12.3. The molecule has 40 heavy (non-hydrogen) atoms. The molecular weight excluding hydrogens is 560 g/mol. The number of piperidine rings is 1. The van der Waals surface area contributed by atoms with Crippen molar-refractivity contribution in [1.82, 2.24) is 9.21 Å². The van der Waals surface area contributed by atoms with Gasteiger partial charge in [0.1, 0.15) is 11.6 Å². The first kappa shape index (κ1) is 30.0. The number of nitrogens with zero attached hydrogens (tertiary/aromatic N) is 2. The van der Waals surface area contributed by atoms with Crippen LogP contribution in [0.15, 0.2) is 48.5 Å². The normalized spacial score (nSPS) is 19.8. The highest BCUT2D eigenvalue weighted by Gasteiger charge is 2.47. The molecule has 220 valence electrons. The largest absolute Gasteiger partial charge is 0.497 e. The average Bonchev–Trinajstić information content (AvgIpc) is 2.92. The highest BCUT2D eigenvalue weighted by molar-refractivity contribution is 7.88. The lowest BCUT2D eigenvalue weighted by molar-refractivity contribution is -0.220. The SMILES string of the molecule is COc1ccc(COCC(OC(=O)N2CCC3(CC2)CN(Cc2ccc(F)cc2)S(=O)(=O)CO3)C(F)(F)F)cc1. The minimum Gasteiger partial charge on any atom is -0.497 e. The molecule has 4 rings (SSSR count). The van der Waals surface area contributed by atoms with Crippen molar-refractivity contribution in [2.75, 3.05) is 39.3 Å². The van der Waals surface area contributed by atoms with Crippen LogP contribution in [0.3, 0.4) is 0 Å². The lowest BCUT2D eigenvalue weighted by Gasteiger charge is -2.46. The van der Waals surface area contributed by atoms with Crippen LogP contribution in [0.1, 0.15) is 24.0 Å². The molecule has 1 unspecified atom stereocenters. The fraction of sp³-hybridized carbons (Fsp3) is 0.500. The van der Waals surface area contributed by atoms with E-state index in [-0.39, 0.29) is 45.6 Å². The van der Waals surface area contributed by atoms with Crippen molar-refractivity contribution in [2.45, 2.75) is 43.9 Å². The second-order valence-corrected chi connectivity index (χ2v) is 11.6. The summed E-state index contributed by atoms with van der Waals surface area (Å²) >= 11 is 0. The van der Waals surface area contributed by atoms with Gasteiger partial charge in [-0.1, -0.05) is 24.3 Å². The molecule has 0 N–H and O–H groups in total. The van der Waals surface area contributed by atoms with Gasteiger partial charge < -0.3 is 23.8 Å². The van der Waals surface area contributed by atoms with E-state index < -0.39 is 52.4 Å². The van der Waals surface area contributed by atoms with E-state index >= 15 is 0 Å². The summed E-state index contributed by atoms with van der Waals surface area (Å²) in [6.45, 7) is -0.947. The van der Waals surface area contributed by atoms with Crippen LogP contribution in [0.2, 0.25) is 0 Å². The number of ether oxygens (including phenoxy) is 4. The summed E-state index contributed by atoms with van der Waals surface area (Å²) in [6, 6.07) is 12.0. The Bertz CT molecular complexity index is 1250. The van der Waals surface area contributed by atoms with Crippen LogP contribution in [-0.4, -0.2) is 80.9 Å². The number of carbonyl (C=O) groups is 1. The number of methoxy groups -OCH3 is 1. The average molecular weight is 591 g/mol. The van der Waals surface area contributed by atoms with Gasteiger partial charge in [-0.05, 0) is 48.2 Å². The number of hydrogen-bond acceptors (Lipinski definition) is 7. The summed E-state index contributed by atoms with van der Waals surface area (Å²) in [4.78, 5) is 13.8. The lowest BCUT2D eigenvalue weighted by atomic mass is 9.91. The monoisotopic (exact) mass is 590 g/mol. The van der Waals surface area contributed by atoms with Crippen molar-refractivity contribution in [2.24, 2.45) is 0 Å². The Kier molecular flexibility index (Phi) is 9.22. The topological polar surface area (TPSA) is 94.6 Å². The van der Waals surface area contributed by atoms with E-state index in [1.807, 2.05) is 0 Å². The zero-order valence-electron chi connectivity index (χ0n) is 21.7. The number of benzene rings is 2. The molecule has 0 saturated carbocycles. The van der Waals surface area contributed by atoms with Gasteiger partial charge in [0.15, 0.2) is 5.94 Å². The minimum absolute atomic E-state index is 0.0000259. The third-order valence-corrected chi connectivity index (χ3v) is 8.34. The Morgan fingerprint density at radius 1 is 1.05 bits per heavy atom. The predicted molar refractivity (Wildman–Crippen MR) is 134 cm³/mol. The summed E-state index contributed by atoms with van der Waals surface area (Å²) in [5, 5.41) is 0. The van der Waals surface area contributed by atoms with Crippen LogP contribution < -0.4 is 4.74 Å². The molecular formula is C26H30F4N2O7S. The predicted octanol–water partition coefficient (Wildman–Crippen LogP) is 4.07. The molecule has 2 aliphatic rings. The van der Waals surface area contributed by atoms with Gasteiger partial charge in [-0.15, -0.1) is 0 Å². The molecule has 9 nitrogen and oxygen atoms in total. The van der Waals surface area contributed by atoms with Gasteiger partial charge in [0.2, 0.25) is 16.1 Å². The number of alkyl halides is 3. The van der Waals surface area contributed by atoms with Crippen LogP contribution in [0, 0.1) is 5.82 Å². The maximum atomic E-state index is 13.6. The van der Waals surface area contributed by atoms with Gasteiger partial charge >= 0.3 is 12.3 Å². The van der Waals surface area contributed by atoms with E-state index in [9.17, 15) is 30.8 Å². The molecule has 14 heteroatoms. The third-order valence-electron chi connectivity index (χ3n) is 6.88. The van der Waals surface area contributed by atoms with Gasteiger partial charge in [0, 0.05) is 26.2 Å². The summed E-state index contributed by atoms with van der Waals surface area (Å²) in [6.07, 6.45) is -8.05. The third kappa shape index (κ3) is 7.62. The summed E-state index contributed by atoms with van der Waals surface area (Å²) in [7, 11) is -2.24. The van der Waals surface area contributed by atoms with Crippen LogP contribution >= 0.6 is 0 Å². The molecule has 0 bridgehead atoms. The first-order chi connectivity index (χ1) is 18.9. The molecule has 2 aliphatic heterocycles. The van der Waals surface area contributed by atoms with Crippen LogP contribution in [0.5, 0.6) is 5.75 Å². The fourth-order valence-corrected chi connectivity index (χ4v) is 5.81. The molecule has 1 atom stereocenters. The Morgan fingerprint density at radius 2 is 1.68 bits per heavy atom. The first-order valence-electron chi connectivity index (χ1n) is 12.5. The molecule has 2 aromatic rings. The Morgan fingerprint density at radius 3 is 2.27 bits per heavy atom. The van der Waals surface area contributed by atoms with E-state index in [0.717, 1.165) is 4.90 Å². The Hall–Kier alpha value is -2.94. The smallest absolute Gasteiger partial charge is 0.427 e. The van der Waals surface area contributed by atoms with E-state index in [4.69, 9.17) is 18.9 Å². The number of carbonyl (C=O) groups excluding carboxylic acids is 1. The number of amides is 1. The van der Waals surface area contributed by atoms with E-state index in [1.54, 1.807) is 24.3 Å². The zero-order valence-corrected chi connectivity index (χ0v) is 22.5. The molecule has 0 aliphatic carbocycles. The van der Waals surface area contributed by atoms with Crippen LogP contribution in [0.25, 0.3) is 0 Å². The van der Waals surface area contributed by atoms with Crippen LogP contribution in [-0.2, 0) is 37.4 Å². The summed E-state index contributed by atoms with van der Waals surface area (Å²) < 4.78 is 101. The number of rotatable bonds is 8. The van der Waals surface area contributed by atoms with Crippen molar-refractivity contribution in [3.8, 4) is 5.75 Å². The van der Waals surface area contributed by atoms with Crippen molar-refractivity contribution >= 4 is 16.1 Å². The molecule has 2 saturated heterocycles. The van der Waals surface area contributed by atoms with Gasteiger partial charge in [0.25, 0.3) is 0 Å². The summed E-state index contributed by atoms with van der Waals surface area (Å²) in [5.41, 5.74) is 0.306. The fourth-order valence-electron chi connectivity index (χ4n) is 4.48. The van der Waals surface area contributed by atoms with Gasteiger partial charge in [0.05, 0.1) is 25.9 Å². The van der Waals surface area contributed by atoms with E-state index in [2.05, 4.69) is 0 Å². The van der Waals surface area contributed by atoms with Crippen LogP contribution in [0.4, 0.5) is 22.4 Å². The molecule has 2 aromatic carbocycles. The van der Waals surface area contributed by atoms with Gasteiger partial charge in [-0.3, -0.25) is 0 Å². The van der Waals surface area contributed by atoms with Crippen molar-refractivity contribution in [3.05, 3.63) is 65.5 Å². The minimum atomic E-state index is -4.84. The van der Waals surface area contributed by atoms with Crippen molar-refractivity contribution < 1.29 is 49.7 Å². The maximum Gasteiger partial charge on any atom is 0.427 e. The van der Waals surface area contributed by atoms with E-state index in [0.29, 0.717) is 16.9 Å². The second-order valence-electron chi connectivity index (χ2n) is 9.72. The number of halogens is 4. The highest BCUT2D eigenvalue weighted by atomic mass is 32.2. The Labute approximate surface area is 229 Å². The molecule has 0 aromatic heterocycles. The molecule has 2 heterocycles. The maximum absolute atomic E-state index is 13.6. The number of likely N-dealkylation sites (tertiary alicyclic amines) is 1. The molecule has 1 amide bonds. The zero-order chi connectivity index (χ0) is 29.0. The molecule has 0 radical (unpaired) electrons. The summed E-state index contributed by atoms with van der Waals surface area (Å²) in [5.74, 6) is -0.420. The van der Waals surface area contributed by atoms with E-state index in [1.165, 1.54) is 35.7 Å². The van der Waals surface area contributed by atoms with Gasteiger partial charge in [-0.25, -0.2) is 17.6 Å². The van der Waals surface area contributed by atoms with Gasteiger partial charge in [-0.2, -0.15) is 17.5 Å². The number of sulfonamides is 1. The highest BCUT2D eigenvalue weighted by Crippen LogP contribution is 2.34.